The molecule has 4 aromatic rings. The third kappa shape index (κ3) is 4.53. The van der Waals surface area contributed by atoms with Crippen molar-refractivity contribution in [1.82, 2.24) is 4.98 Å². The van der Waals surface area contributed by atoms with Crippen molar-refractivity contribution in [3.63, 3.8) is 0 Å². The second-order valence-corrected chi connectivity index (χ2v) is 9.15. The monoisotopic (exact) mass is 444 g/mol. The van der Waals surface area contributed by atoms with Crippen molar-refractivity contribution < 1.29 is 9.53 Å². The molecular weight excluding hydrogens is 416 g/mol. The summed E-state index contributed by atoms with van der Waals surface area (Å²) in [5.41, 5.74) is 13.3. The van der Waals surface area contributed by atoms with Crippen molar-refractivity contribution in [1.29, 1.82) is 0 Å². The SMILES string of the molecule is CCCCCOC(=O)c1sc2nc(-c3ccc(C)cc3)cc(-c3ccc(C)cc3)c2c1N. The molecule has 4 nitrogen and oxygen atoms in total. The fraction of sp³-hybridized carbons (Fsp3) is 0.259. The van der Waals surface area contributed by atoms with Crippen LogP contribution >= 0.6 is 11.3 Å². The van der Waals surface area contributed by atoms with Gasteiger partial charge in [-0.05, 0) is 37.5 Å². The molecule has 2 aromatic heterocycles. The minimum atomic E-state index is -0.367. The van der Waals surface area contributed by atoms with E-state index in [9.17, 15) is 4.79 Å². The van der Waals surface area contributed by atoms with Crippen LogP contribution in [-0.2, 0) is 4.74 Å². The van der Waals surface area contributed by atoms with Gasteiger partial charge in [-0.25, -0.2) is 9.78 Å². The first-order valence-corrected chi connectivity index (χ1v) is 11.8. The van der Waals surface area contributed by atoms with E-state index in [1.165, 1.54) is 22.5 Å². The largest absolute Gasteiger partial charge is 0.461 e. The summed E-state index contributed by atoms with van der Waals surface area (Å²) < 4.78 is 5.49. The number of unbranched alkanes of at least 4 members (excludes halogenated alkanes) is 2. The summed E-state index contributed by atoms with van der Waals surface area (Å²) in [4.78, 5) is 18.8. The van der Waals surface area contributed by atoms with Crippen LogP contribution in [0.5, 0.6) is 0 Å². The number of carbonyl (C=O) groups excluding carboxylic acids is 1. The molecule has 0 aliphatic rings. The highest BCUT2D eigenvalue weighted by Crippen LogP contribution is 2.41. The fourth-order valence-electron chi connectivity index (χ4n) is 3.69. The van der Waals surface area contributed by atoms with Gasteiger partial charge in [0.25, 0.3) is 0 Å². The van der Waals surface area contributed by atoms with E-state index >= 15 is 0 Å². The molecule has 0 amide bonds. The average Bonchev–Trinajstić information content (AvgIpc) is 3.13. The first kappa shape index (κ1) is 22.0. The number of anilines is 1. The van der Waals surface area contributed by atoms with Crippen molar-refractivity contribution in [3.05, 3.63) is 70.6 Å². The van der Waals surface area contributed by atoms with E-state index in [-0.39, 0.29) is 5.97 Å². The van der Waals surface area contributed by atoms with Gasteiger partial charge in [-0.1, -0.05) is 79.4 Å². The van der Waals surface area contributed by atoms with Gasteiger partial charge in [-0.2, -0.15) is 0 Å². The number of nitrogen functional groups attached to an aromatic ring is 1. The van der Waals surface area contributed by atoms with Gasteiger partial charge >= 0.3 is 5.97 Å². The van der Waals surface area contributed by atoms with E-state index < -0.39 is 0 Å². The second kappa shape index (κ2) is 9.53. The third-order valence-electron chi connectivity index (χ3n) is 5.58. The maximum absolute atomic E-state index is 12.8. The summed E-state index contributed by atoms with van der Waals surface area (Å²) in [6.45, 7) is 6.66. The molecule has 0 saturated heterocycles. The Kier molecular flexibility index (Phi) is 6.56. The molecule has 2 N–H and O–H groups in total. The zero-order valence-electron chi connectivity index (χ0n) is 18.8. The first-order chi connectivity index (χ1) is 15.5. The molecule has 0 unspecified atom stereocenters. The number of rotatable bonds is 7. The van der Waals surface area contributed by atoms with Gasteiger partial charge in [0.05, 0.1) is 18.0 Å². The highest BCUT2D eigenvalue weighted by molar-refractivity contribution is 7.21. The zero-order valence-corrected chi connectivity index (χ0v) is 19.6. The quantitative estimate of drug-likeness (QED) is 0.242. The molecule has 0 aliphatic carbocycles. The van der Waals surface area contributed by atoms with Crippen molar-refractivity contribution in [2.75, 3.05) is 12.3 Å². The molecule has 0 saturated carbocycles. The van der Waals surface area contributed by atoms with E-state index in [0.29, 0.717) is 17.2 Å². The summed E-state index contributed by atoms with van der Waals surface area (Å²) in [7, 11) is 0. The molecule has 2 heterocycles. The molecule has 32 heavy (non-hydrogen) atoms. The van der Waals surface area contributed by atoms with Crippen LogP contribution in [0.15, 0.2) is 54.6 Å². The maximum Gasteiger partial charge on any atom is 0.350 e. The molecule has 0 spiro atoms. The Morgan fingerprint density at radius 3 is 2.22 bits per heavy atom. The standard InChI is InChI=1S/C27H28N2O2S/c1-4-5-6-15-31-27(30)25-24(28)23-21(19-11-7-17(2)8-12-19)16-22(29-26(23)32-25)20-13-9-18(3)10-14-20/h7-14,16H,4-6,15,28H2,1-3H3. The summed E-state index contributed by atoms with van der Waals surface area (Å²) in [5.74, 6) is -0.367. The molecule has 0 bridgehead atoms. The van der Waals surface area contributed by atoms with Gasteiger partial charge in [-0.15, -0.1) is 11.3 Å². The predicted octanol–water partition coefficient (Wildman–Crippen LogP) is 7.18. The number of hydrogen-bond acceptors (Lipinski definition) is 5. The van der Waals surface area contributed by atoms with Crippen molar-refractivity contribution >= 4 is 33.2 Å². The van der Waals surface area contributed by atoms with E-state index in [0.717, 1.165) is 51.9 Å². The van der Waals surface area contributed by atoms with E-state index in [4.69, 9.17) is 15.5 Å². The van der Waals surface area contributed by atoms with Crippen LogP contribution in [0.25, 0.3) is 32.6 Å². The number of esters is 1. The Labute approximate surface area is 193 Å². The summed E-state index contributed by atoms with van der Waals surface area (Å²) >= 11 is 1.31. The Morgan fingerprint density at radius 1 is 0.969 bits per heavy atom. The fourth-order valence-corrected chi connectivity index (χ4v) is 4.70. The van der Waals surface area contributed by atoms with Crippen molar-refractivity contribution in [2.45, 2.75) is 40.0 Å². The maximum atomic E-state index is 12.8. The molecule has 0 fully saturated rings. The number of ether oxygens (including phenoxy) is 1. The first-order valence-electron chi connectivity index (χ1n) is 11.0. The number of aromatic nitrogens is 1. The lowest BCUT2D eigenvalue weighted by atomic mass is 9.98. The topological polar surface area (TPSA) is 65.2 Å². The van der Waals surface area contributed by atoms with Crippen LogP contribution in [-0.4, -0.2) is 17.6 Å². The molecule has 5 heteroatoms. The molecule has 2 aromatic carbocycles. The van der Waals surface area contributed by atoms with E-state index in [2.05, 4.69) is 75.4 Å². The zero-order chi connectivity index (χ0) is 22.7. The number of nitrogens with zero attached hydrogens (tertiary/aromatic N) is 1. The number of nitrogens with two attached hydrogens (primary N) is 1. The smallest absolute Gasteiger partial charge is 0.350 e. The number of aryl methyl sites for hydroxylation is 2. The Balaban J connectivity index is 1.84. The van der Waals surface area contributed by atoms with Gasteiger partial charge < -0.3 is 10.5 Å². The Morgan fingerprint density at radius 2 is 1.59 bits per heavy atom. The van der Waals surface area contributed by atoms with Gasteiger partial charge in [0, 0.05) is 10.9 Å². The lowest BCUT2D eigenvalue weighted by Crippen LogP contribution is -2.06. The summed E-state index contributed by atoms with van der Waals surface area (Å²) in [6, 6.07) is 18.7. The highest BCUT2D eigenvalue weighted by Gasteiger charge is 2.22. The lowest BCUT2D eigenvalue weighted by Gasteiger charge is -2.09. The van der Waals surface area contributed by atoms with E-state index in [1.807, 2.05) is 0 Å². The van der Waals surface area contributed by atoms with Crippen LogP contribution in [0, 0.1) is 13.8 Å². The van der Waals surface area contributed by atoms with Crippen LogP contribution < -0.4 is 5.73 Å². The number of benzene rings is 2. The Hall–Kier alpha value is -3.18. The van der Waals surface area contributed by atoms with Crippen LogP contribution in [0.4, 0.5) is 5.69 Å². The summed E-state index contributed by atoms with van der Waals surface area (Å²) in [5, 5.41) is 0.815. The van der Waals surface area contributed by atoms with Gasteiger partial charge in [0.2, 0.25) is 0 Å². The average molecular weight is 445 g/mol. The number of thiophene rings is 1. The number of hydrogen-bond donors (Lipinski definition) is 1. The van der Waals surface area contributed by atoms with Gasteiger partial charge in [0.15, 0.2) is 0 Å². The minimum Gasteiger partial charge on any atom is -0.461 e. The summed E-state index contributed by atoms with van der Waals surface area (Å²) in [6.07, 6.45) is 2.97. The van der Waals surface area contributed by atoms with Gasteiger partial charge in [0.1, 0.15) is 9.71 Å². The Bertz CT molecular complexity index is 1240. The molecule has 0 atom stereocenters. The van der Waals surface area contributed by atoms with Crippen LogP contribution in [0.2, 0.25) is 0 Å². The highest BCUT2D eigenvalue weighted by atomic mass is 32.1. The van der Waals surface area contributed by atoms with Crippen molar-refractivity contribution in [3.8, 4) is 22.4 Å². The second-order valence-electron chi connectivity index (χ2n) is 8.16. The molecule has 4 rings (SSSR count). The third-order valence-corrected chi connectivity index (χ3v) is 6.65. The molecule has 0 aliphatic heterocycles. The molecular formula is C27H28N2O2S. The van der Waals surface area contributed by atoms with Crippen LogP contribution in [0.1, 0.15) is 47.0 Å². The van der Waals surface area contributed by atoms with Gasteiger partial charge in [-0.3, -0.25) is 0 Å². The van der Waals surface area contributed by atoms with E-state index in [1.54, 1.807) is 0 Å². The lowest BCUT2D eigenvalue weighted by molar-refractivity contribution is 0.0505. The minimum absolute atomic E-state index is 0.367. The number of pyridine rings is 1. The van der Waals surface area contributed by atoms with Crippen molar-refractivity contribution in [2.24, 2.45) is 0 Å². The number of fused-ring (bicyclic) bond motifs is 1. The molecule has 164 valence electrons. The predicted molar refractivity (Wildman–Crippen MR) is 134 cm³/mol. The number of carbonyl (C=O) groups is 1. The molecule has 0 radical (unpaired) electrons. The normalized spacial score (nSPS) is 11.1. The van der Waals surface area contributed by atoms with Crippen LogP contribution in [0.3, 0.4) is 0 Å².